The second-order valence-corrected chi connectivity index (χ2v) is 10.0. The molecule has 0 unspecified atom stereocenters. The number of carboxylic acids is 1. The Morgan fingerprint density at radius 3 is 2.16 bits per heavy atom. The van der Waals surface area contributed by atoms with Crippen LogP contribution in [0.25, 0.3) is 0 Å². The average Bonchev–Trinajstić information content (AvgIpc) is 3.53. The van der Waals surface area contributed by atoms with E-state index in [9.17, 15) is 28.2 Å². The molecule has 13 heteroatoms. The zero-order valence-electron chi connectivity index (χ0n) is 24.2. The predicted octanol–water partition coefficient (Wildman–Crippen LogP) is 4.42. The summed E-state index contributed by atoms with van der Waals surface area (Å²) in [4.78, 5) is 31.0. The van der Waals surface area contributed by atoms with Crippen molar-refractivity contribution in [3.05, 3.63) is 84.2 Å². The lowest BCUT2D eigenvalue weighted by atomic mass is 9.99. The van der Waals surface area contributed by atoms with E-state index < -0.39 is 24.3 Å². The van der Waals surface area contributed by atoms with Gasteiger partial charge in [0.25, 0.3) is 0 Å². The molecule has 0 aliphatic carbocycles. The number of likely N-dealkylation sites (tertiary alicyclic amines) is 1. The van der Waals surface area contributed by atoms with Crippen molar-refractivity contribution < 1.29 is 47.6 Å². The number of hydrogen-bond donors (Lipinski definition) is 3. The number of pyridine rings is 1. The maximum atomic E-state index is 13.7. The third kappa shape index (κ3) is 10.7. The summed E-state index contributed by atoms with van der Waals surface area (Å²) < 4.78 is 42.7. The molecular formula is C31H36F3N3O7. The van der Waals surface area contributed by atoms with Gasteiger partial charge in [0, 0.05) is 12.7 Å². The van der Waals surface area contributed by atoms with Gasteiger partial charge in [-0.3, -0.25) is 9.78 Å². The van der Waals surface area contributed by atoms with E-state index in [-0.39, 0.29) is 31.2 Å². The maximum absolute atomic E-state index is 13.7. The maximum Gasteiger partial charge on any atom is 0.490 e. The van der Waals surface area contributed by atoms with Gasteiger partial charge in [-0.15, -0.1) is 0 Å². The van der Waals surface area contributed by atoms with Gasteiger partial charge in [-0.25, -0.2) is 4.79 Å². The molecule has 1 aliphatic heterocycles. The van der Waals surface area contributed by atoms with Gasteiger partial charge in [0.15, 0.2) is 0 Å². The number of hydrogen-bond acceptors (Lipinski definition) is 8. The van der Waals surface area contributed by atoms with Crippen LogP contribution < -0.4 is 9.47 Å². The van der Waals surface area contributed by atoms with Crippen molar-refractivity contribution in [2.24, 2.45) is 0 Å². The second-order valence-electron chi connectivity index (χ2n) is 10.0. The van der Waals surface area contributed by atoms with E-state index in [0.29, 0.717) is 17.9 Å². The lowest BCUT2D eigenvalue weighted by Crippen LogP contribution is -2.49. The molecule has 1 fully saturated rings. The highest BCUT2D eigenvalue weighted by Gasteiger charge is 2.38. The first-order valence-corrected chi connectivity index (χ1v) is 13.9. The summed E-state index contributed by atoms with van der Waals surface area (Å²) in [6.07, 6.45) is -1.96. The number of carboxylic acid groups (broad SMARTS) is 1. The summed E-state index contributed by atoms with van der Waals surface area (Å²) in [6.45, 7) is 2.89. The number of halogens is 3. The van der Waals surface area contributed by atoms with Crippen LogP contribution in [0.2, 0.25) is 0 Å². The van der Waals surface area contributed by atoms with Gasteiger partial charge in [0.1, 0.15) is 23.4 Å². The van der Waals surface area contributed by atoms with Crippen molar-refractivity contribution in [2.45, 2.75) is 44.1 Å². The Morgan fingerprint density at radius 1 is 1.00 bits per heavy atom. The summed E-state index contributed by atoms with van der Waals surface area (Å²) in [6, 6.07) is 18.9. The van der Waals surface area contributed by atoms with E-state index in [1.54, 1.807) is 54.6 Å². The molecule has 0 radical (unpaired) electrons. The standard InChI is InChI=1S/C29H35N3O5.C2HF3O2/c1-36-25-11-13-26(14-12-25)37-19-15-28(34)32(20-23-6-2-3-16-30-23)27(21-31-17-4-5-18-31)29(35)22-7-9-24(33)10-8-22;3-2(4,5)1(6)7/h2-3,6-14,16,27,29,33,35H,4-5,15,17-21H2,1H3;(H,6,7)/t27-,29-;/m1./s1. The predicted molar refractivity (Wildman–Crippen MR) is 154 cm³/mol. The Labute approximate surface area is 253 Å². The molecule has 44 heavy (non-hydrogen) atoms. The van der Waals surface area contributed by atoms with E-state index in [2.05, 4.69) is 9.88 Å². The number of alkyl halides is 3. The number of amides is 1. The highest BCUT2D eigenvalue weighted by atomic mass is 19.4. The SMILES string of the molecule is COc1ccc(OCCC(=O)N(Cc2ccccn2)[C@H](CN2CCCC2)[C@H](O)c2ccc(O)cc2)cc1.O=C(O)C(F)(F)F. The van der Waals surface area contributed by atoms with Gasteiger partial charge in [-0.2, -0.15) is 13.2 Å². The molecule has 2 atom stereocenters. The van der Waals surface area contributed by atoms with Gasteiger partial charge < -0.3 is 34.6 Å². The van der Waals surface area contributed by atoms with Crippen molar-refractivity contribution in [1.29, 1.82) is 0 Å². The van der Waals surface area contributed by atoms with Gasteiger partial charge in [0.2, 0.25) is 5.91 Å². The fraction of sp³-hybridized carbons (Fsp3) is 0.387. The molecule has 3 N–H and O–H groups in total. The zero-order chi connectivity index (χ0) is 32.1. The van der Waals surface area contributed by atoms with Gasteiger partial charge in [0.05, 0.1) is 38.4 Å². The van der Waals surface area contributed by atoms with Crippen LogP contribution in [0, 0.1) is 0 Å². The summed E-state index contributed by atoms with van der Waals surface area (Å²) in [5.74, 6) is -1.36. The van der Waals surface area contributed by atoms with E-state index in [0.717, 1.165) is 37.4 Å². The van der Waals surface area contributed by atoms with Crippen molar-refractivity contribution in [2.75, 3.05) is 33.4 Å². The molecule has 1 saturated heterocycles. The van der Waals surface area contributed by atoms with Crippen molar-refractivity contribution in [3.63, 3.8) is 0 Å². The van der Waals surface area contributed by atoms with Crippen LogP contribution >= 0.6 is 0 Å². The molecule has 1 aliphatic rings. The first kappa shape index (κ1) is 34.1. The Kier molecular flexibility index (Phi) is 12.8. The van der Waals surface area contributed by atoms with Gasteiger partial charge in [-0.05, 0) is 80.0 Å². The smallest absolute Gasteiger partial charge is 0.490 e. The fourth-order valence-corrected chi connectivity index (χ4v) is 4.62. The Morgan fingerprint density at radius 2 is 1.61 bits per heavy atom. The van der Waals surface area contributed by atoms with E-state index in [1.807, 2.05) is 30.3 Å². The first-order valence-electron chi connectivity index (χ1n) is 13.9. The molecule has 1 amide bonds. The third-order valence-electron chi connectivity index (χ3n) is 6.91. The minimum absolute atomic E-state index is 0.124. The number of ether oxygens (including phenoxy) is 2. The highest BCUT2D eigenvalue weighted by Crippen LogP contribution is 2.27. The summed E-state index contributed by atoms with van der Waals surface area (Å²) in [5.41, 5.74) is 1.39. The van der Waals surface area contributed by atoms with E-state index >= 15 is 0 Å². The number of phenols is 1. The zero-order valence-corrected chi connectivity index (χ0v) is 24.2. The van der Waals surface area contributed by atoms with Crippen LogP contribution in [-0.2, 0) is 16.1 Å². The number of aliphatic hydroxyl groups is 1. The molecule has 4 rings (SSSR count). The number of phenolic OH excluding ortho intramolecular Hbond substituents is 1. The van der Waals surface area contributed by atoms with Crippen molar-refractivity contribution in [3.8, 4) is 17.2 Å². The Bertz CT molecular complexity index is 1300. The average molecular weight is 620 g/mol. The van der Waals surface area contributed by atoms with Crippen LogP contribution in [0.4, 0.5) is 13.2 Å². The number of rotatable bonds is 12. The van der Waals surface area contributed by atoms with Crippen LogP contribution in [0.3, 0.4) is 0 Å². The number of carbonyl (C=O) groups excluding carboxylic acids is 1. The van der Waals surface area contributed by atoms with Crippen LogP contribution in [-0.4, -0.2) is 87.5 Å². The minimum atomic E-state index is -5.08. The highest BCUT2D eigenvalue weighted by molar-refractivity contribution is 5.77. The normalized spacial score (nSPS) is 14.6. The number of aromatic hydroxyl groups is 1. The largest absolute Gasteiger partial charge is 0.508 e. The number of nitrogens with zero attached hydrogens (tertiary/aromatic N) is 3. The number of carbonyl (C=O) groups is 2. The Balaban J connectivity index is 0.000000676. The van der Waals surface area contributed by atoms with Crippen LogP contribution in [0.1, 0.15) is 36.6 Å². The molecule has 3 aromatic rings. The molecule has 0 spiro atoms. The molecule has 2 heterocycles. The fourth-order valence-electron chi connectivity index (χ4n) is 4.62. The number of methoxy groups -OCH3 is 1. The monoisotopic (exact) mass is 619 g/mol. The topological polar surface area (TPSA) is 133 Å². The van der Waals surface area contributed by atoms with Gasteiger partial charge in [-0.1, -0.05) is 18.2 Å². The Hall–Kier alpha value is -4.36. The number of aliphatic carboxylic acids is 1. The summed E-state index contributed by atoms with van der Waals surface area (Å²) >= 11 is 0. The van der Waals surface area contributed by atoms with Crippen molar-refractivity contribution in [1.82, 2.24) is 14.8 Å². The van der Waals surface area contributed by atoms with E-state index in [1.165, 1.54) is 0 Å². The summed E-state index contributed by atoms with van der Waals surface area (Å²) in [5, 5.41) is 28.4. The molecule has 1 aromatic heterocycles. The molecule has 0 saturated carbocycles. The van der Waals surface area contributed by atoms with Crippen LogP contribution in [0.15, 0.2) is 72.9 Å². The number of aromatic nitrogens is 1. The van der Waals surface area contributed by atoms with E-state index in [4.69, 9.17) is 19.4 Å². The molecule has 10 nitrogen and oxygen atoms in total. The first-order chi connectivity index (χ1) is 21.0. The lowest BCUT2D eigenvalue weighted by molar-refractivity contribution is -0.192. The van der Waals surface area contributed by atoms with Crippen molar-refractivity contribution >= 4 is 11.9 Å². The van der Waals surface area contributed by atoms with Crippen LogP contribution in [0.5, 0.6) is 17.2 Å². The number of benzene rings is 2. The summed E-state index contributed by atoms with van der Waals surface area (Å²) in [7, 11) is 1.61. The second kappa shape index (κ2) is 16.5. The molecular weight excluding hydrogens is 583 g/mol. The molecule has 0 bridgehead atoms. The number of aliphatic hydroxyl groups excluding tert-OH is 1. The quantitative estimate of drug-likeness (QED) is 0.269. The molecule has 2 aromatic carbocycles. The van der Waals surface area contributed by atoms with Gasteiger partial charge >= 0.3 is 12.1 Å². The molecule has 238 valence electrons. The third-order valence-corrected chi connectivity index (χ3v) is 6.91. The lowest BCUT2D eigenvalue weighted by Gasteiger charge is -2.37. The minimum Gasteiger partial charge on any atom is -0.508 e.